The highest BCUT2D eigenvalue weighted by atomic mass is 15.0. The van der Waals surface area contributed by atoms with E-state index in [0.29, 0.717) is 17.5 Å². The maximum Gasteiger partial charge on any atom is 0.164 e. The van der Waals surface area contributed by atoms with Gasteiger partial charge in [-0.05, 0) is 96.0 Å². The van der Waals surface area contributed by atoms with Crippen molar-refractivity contribution in [1.29, 1.82) is 0 Å². The lowest BCUT2D eigenvalue weighted by molar-refractivity contribution is 1.08. The Morgan fingerprint density at radius 1 is 0.204 bits per heavy atom. The van der Waals surface area contributed by atoms with Gasteiger partial charge in [-0.25, -0.2) is 15.0 Å². The van der Waals surface area contributed by atoms with Gasteiger partial charge in [0.05, 0.1) is 0 Å². The molecule has 0 aliphatic heterocycles. The first kappa shape index (κ1) is 31.5. The van der Waals surface area contributed by atoms with Crippen LogP contribution in [0.15, 0.2) is 200 Å². The molecule has 0 aliphatic carbocycles. The fourth-order valence-corrected chi connectivity index (χ4v) is 7.45. The smallest absolute Gasteiger partial charge is 0.164 e. The average Bonchev–Trinajstić information content (AvgIpc) is 3.26. The summed E-state index contributed by atoms with van der Waals surface area (Å²) in [6, 6.07) is 70.8. The van der Waals surface area contributed by atoms with Crippen LogP contribution in [0, 0.1) is 0 Å². The molecule has 54 heavy (non-hydrogen) atoms. The molecule has 252 valence electrons. The van der Waals surface area contributed by atoms with Gasteiger partial charge in [0.2, 0.25) is 0 Å². The summed E-state index contributed by atoms with van der Waals surface area (Å²) in [7, 11) is 0. The van der Waals surface area contributed by atoms with Crippen LogP contribution in [-0.4, -0.2) is 15.0 Å². The van der Waals surface area contributed by atoms with Crippen LogP contribution in [0.1, 0.15) is 0 Å². The Morgan fingerprint density at radius 2 is 0.593 bits per heavy atom. The minimum absolute atomic E-state index is 0.631. The van der Waals surface area contributed by atoms with Crippen molar-refractivity contribution in [2.24, 2.45) is 0 Å². The van der Waals surface area contributed by atoms with E-state index < -0.39 is 0 Å². The molecule has 0 bridgehead atoms. The topological polar surface area (TPSA) is 38.7 Å². The van der Waals surface area contributed by atoms with Crippen molar-refractivity contribution in [2.45, 2.75) is 0 Å². The number of benzene rings is 9. The summed E-state index contributed by atoms with van der Waals surface area (Å²) in [6.07, 6.45) is 0. The molecule has 0 saturated heterocycles. The Morgan fingerprint density at radius 3 is 1.15 bits per heavy atom. The fourth-order valence-electron chi connectivity index (χ4n) is 7.45. The van der Waals surface area contributed by atoms with Crippen molar-refractivity contribution in [3.05, 3.63) is 200 Å². The maximum atomic E-state index is 5.15. The van der Waals surface area contributed by atoms with E-state index in [4.69, 9.17) is 15.0 Å². The Bertz CT molecular complexity index is 2900. The van der Waals surface area contributed by atoms with Crippen LogP contribution in [0.2, 0.25) is 0 Å². The zero-order valence-corrected chi connectivity index (χ0v) is 29.4. The Kier molecular flexibility index (Phi) is 7.81. The first-order valence-corrected chi connectivity index (χ1v) is 18.3. The second-order valence-corrected chi connectivity index (χ2v) is 13.7. The van der Waals surface area contributed by atoms with Gasteiger partial charge in [0.1, 0.15) is 0 Å². The third-order valence-corrected chi connectivity index (χ3v) is 10.3. The molecular formula is C51H33N3. The number of aromatic nitrogens is 3. The van der Waals surface area contributed by atoms with Gasteiger partial charge in [-0.1, -0.05) is 170 Å². The van der Waals surface area contributed by atoms with Crippen molar-refractivity contribution in [3.8, 4) is 67.5 Å². The van der Waals surface area contributed by atoms with Crippen LogP contribution in [-0.2, 0) is 0 Å². The zero-order valence-electron chi connectivity index (χ0n) is 29.4. The lowest BCUT2D eigenvalue weighted by Gasteiger charge is -2.15. The van der Waals surface area contributed by atoms with Crippen LogP contribution >= 0.6 is 0 Å². The van der Waals surface area contributed by atoms with E-state index in [0.717, 1.165) is 38.6 Å². The molecule has 0 atom stereocenters. The highest BCUT2D eigenvalue weighted by Crippen LogP contribution is 2.38. The van der Waals surface area contributed by atoms with E-state index in [1.165, 1.54) is 43.8 Å². The molecule has 0 saturated carbocycles. The van der Waals surface area contributed by atoms with E-state index in [9.17, 15) is 0 Å². The monoisotopic (exact) mass is 687 g/mol. The number of nitrogens with zero attached hydrogens (tertiary/aromatic N) is 3. The van der Waals surface area contributed by atoms with Gasteiger partial charge >= 0.3 is 0 Å². The van der Waals surface area contributed by atoms with Crippen LogP contribution in [0.3, 0.4) is 0 Å². The van der Waals surface area contributed by atoms with Gasteiger partial charge in [0, 0.05) is 16.7 Å². The second-order valence-electron chi connectivity index (χ2n) is 13.7. The molecule has 0 radical (unpaired) electrons. The molecule has 1 aromatic heterocycles. The lowest BCUT2D eigenvalue weighted by atomic mass is 9.89. The van der Waals surface area contributed by atoms with Gasteiger partial charge in [-0.3, -0.25) is 0 Å². The van der Waals surface area contributed by atoms with Crippen LogP contribution in [0.25, 0.3) is 99.9 Å². The highest BCUT2D eigenvalue weighted by Gasteiger charge is 2.16. The minimum Gasteiger partial charge on any atom is -0.208 e. The molecule has 1 heterocycles. The highest BCUT2D eigenvalue weighted by molar-refractivity contribution is 5.94. The Labute approximate surface area is 313 Å². The first-order chi connectivity index (χ1) is 26.7. The number of hydrogen-bond acceptors (Lipinski definition) is 3. The predicted octanol–water partition coefficient (Wildman–Crippen LogP) is 13.3. The molecule has 3 nitrogen and oxygen atoms in total. The molecule has 0 amide bonds. The summed E-state index contributed by atoms with van der Waals surface area (Å²) in [5.74, 6) is 1.91. The summed E-state index contributed by atoms with van der Waals surface area (Å²) >= 11 is 0. The van der Waals surface area contributed by atoms with Gasteiger partial charge in [-0.2, -0.15) is 0 Å². The van der Waals surface area contributed by atoms with E-state index >= 15 is 0 Å². The normalized spacial score (nSPS) is 11.3. The molecular weight excluding hydrogens is 655 g/mol. The van der Waals surface area contributed by atoms with Crippen molar-refractivity contribution < 1.29 is 0 Å². The third-order valence-electron chi connectivity index (χ3n) is 10.3. The molecule has 0 fully saturated rings. The second kappa shape index (κ2) is 13.4. The lowest BCUT2D eigenvalue weighted by Crippen LogP contribution is -2.00. The molecule has 0 aliphatic rings. The summed E-state index contributed by atoms with van der Waals surface area (Å²) in [4.78, 5) is 15.4. The first-order valence-electron chi connectivity index (χ1n) is 18.3. The molecule has 0 unspecified atom stereocenters. The van der Waals surface area contributed by atoms with Gasteiger partial charge in [0.25, 0.3) is 0 Å². The van der Waals surface area contributed by atoms with E-state index in [1.54, 1.807) is 0 Å². The van der Waals surface area contributed by atoms with Gasteiger partial charge < -0.3 is 0 Å². The zero-order chi connectivity index (χ0) is 35.8. The predicted molar refractivity (Wildman–Crippen MR) is 225 cm³/mol. The SMILES string of the molecule is c1ccc(-c2ccc(-c3cccc(-c4nc(-c5ccc6ccccc6c5)nc(-c5ccc6ccccc6c5)n4)c3)c(-c3ccc4ccccc4c3)c2)cc1. The summed E-state index contributed by atoms with van der Waals surface area (Å²) in [5, 5.41) is 7.09. The van der Waals surface area contributed by atoms with Crippen LogP contribution in [0.5, 0.6) is 0 Å². The summed E-state index contributed by atoms with van der Waals surface area (Å²) in [5.41, 5.74) is 9.77. The van der Waals surface area contributed by atoms with E-state index in [2.05, 4.69) is 200 Å². The third kappa shape index (κ3) is 5.98. The summed E-state index contributed by atoms with van der Waals surface area (Å²) < 4.78 is 0. The number of fused-ring (bicyclic) bond motifs is 3. The average molecular weight is 688 g/mol. The van der Waals surface area contributed by atoms with Crippen molar-refractivity contribution >= 4 is 32.3 Å². The molecule has 0 N–H and O–H groups in total. The summed E-state index contributed by atoms with van der Waals surface area (Å²) in [6.45, 7) is 0. The largest absolute Gasteiger partial charge is 0.208 e. The minimum atomic E-state index is 0.631. The fraction of sp³-hybridized carbons (Fsp3) is 0. The quantitative estimate of drug-likeness (QED) is 0.175. The number of hydrogen-bond donors (Lipinski definition) is 0. The van der Waals surface area contributed by atoms with Crippen molar-refractivity contribution in [1.82, 2.24) is 15.0 Å². The van der Waals surface area contributed by atoms with Crippen LogP contribution in [0.4, 0.5) is 0 Å². The molecule has 10 rings (SSSR count). The van der Waals surface area contributed by atoms with Crippen molar-refractivity contribution in [2.75, 3.05) is 0 Å². The van der Waals surface area contributed by atoms with Crippen molar-refractivity contribution in [3.63, 3.8) is 0 Å². The van der Waals surface area contributed by atoms with Crippen LogP contribution < -0.4 is 0 Å². The van der Waals surface area contributed by atoms with Gasteiger partial charge in [-0.15, -0.1) is 0 Å². The Balaban J connectivity index is 1.14. The van der Waals surface area contributed by atoms with Gasteiger partial charge in [0.15, 0.2) is 17.5 Å². The number of rotatable bonds is 6. The van der Waals surface area contributed by atoms with E-state index in [-0.39, 0.29) is 0 Å². The van der Waals surface area contributed by atoms with E-state index in [1.807, 2.05) is 0 Å². The molecule has 9 aromatic carbocycles. The molecule has 3 heteroatoms. The standard InChI is InChI=1S/C51H33N3/c1-2-11-34(12-3-1)41-27-28-47(48(33-41)43-24-21-35-13-4-7-16-38(35)29-43)42-19-10-20-44(32-42)49-52-50(45-25-22-36-14-5-8-17-39(36)30-45)54-51(53-49)46-26-23-37-15-6-9-18-40(37)31-46/h1-33H. The maximum absolute atomic E-state index is 5.15. The Hall–Kier alpha value is -7.23. The molecule has 0 spiro atoms. The molecule has 10 aromatic rings.